The van der Waals surface area contributed by atoms with E-state index in [1.165, 1.54) is 0 Å². The molecule has 1 aliphatic carbocycles. The van der Waals surface area contributed by atoms with Crippen LogP contribution in [0.15, 0.2) is 22.9 Å². The van der Waals surface area contributed by atoms with Crippen LogP contribution < -0.4 is 0 Å². The number of rotatable bonds is 6. The normalized spacial score (nSPS) is 27.6. The second-order valence-corrected chi connectivity index (χ2v) is 10.4. The van der Waals surface area contributed by atoms with Crippen molar-refractivity contribution < 1.29 is 13.2 Å². The van der Waals surface area contributed by atoms with E-state index in [1.807, 2.05) is 12.3 Å². The molecule has 2 fully saturated rings. The highest BCUT2D eigenvalue weighted by Crippen LogP contribution is 2.44. The highest BCUT2D eigenvalue weighted by Gasteiger charge is 2.37. The van der Waals surface area contributed by atoms with Crippen molar-refractivity contribution >= 4 is 33.0 Å². The molecule has 3 aromatic rings. The lowest BCUT2D eigenvalue weighted by atomic mass is 9.93. The molecule has 0 spiro atoms. The monoisotopic (exact) mass is 444 g/mol. The van der Waals surface area contributed by atoms with E-state index in [4.69, 9.17) is 4.74 Å². The molecule has 2 unspecified atom stereocenters. The quantitative estimate of drug-likeness (QED) is 0.584. The summed E-state index contributed by atoms with van der Waals surface area (Å²) in [5.41, 5.74) is 2.48. The molecule has 0 aromatic carbocycles. The fourth-order valence-corrected chi connectivity index (χ4v) is 6.27. The van der Waals surface area contributed by atoms with E-state index in [0.29, 0.717) is 12.5 Å². The van der Waals surface area contributed by atoms with Crippen molar-refractivity contribution in [3.63, 3.8) is 0 Å². The molecule has 1 aliphatic heterocycles. The van der Waals surface area contributed by atoms with E-state index in [1.54, 1.807) is 12.4 Å². The number of aromatic nitrogens is 5. The van der Waals surface area contributed by atoms with Crippen molar-refractivity contribution in [3.05, 3.63) is 24.3 Å². The molecule has 1 saturated heterocycles. The molecule has 4 heterocycles. The topological polar surface area (TPSA) is 115 Å². The van der Waals surface area contributed by atoms with Crippen molar-refractivity contribution in [1.82, 2.24) is 24.6 Å². The summed E-state index contributed by atoms with van der Waals surface area (Å²) in [5.74, 6) is 1.59. The molecule has 1 N–H and O–H groups in total. The Morgan fingerprint density at radius 1 is 1.32 bits per heavy atom. The number of aromatic amines is 1. The Balaban J connectivity index is 1.36. The van der Waals surface area contributed by atoms with Crippen LogP contribution in [0.3, 0.4) is 0 Å². The maximum absolute atomic E-state index is 12.5. The number of ether oxygens (including phenoxy) is 1. The van der Waals surface area contributed by atoms with Gasteiger partial charge in [0.25, 0.3) is 10.0 Å². The van der Waals surface area contributed by atoms with Crippen LogP contribution in [-0.2, 0) is 14.8 Å². The van der Waals surface area contributed by atoms with Gasteiger partial charge >= 0.3 is 0 Å². The summed E-state index contributed by atoms with van der Waals surface area (Å²) in [6.07, 6.45) is 10.5. The Morgan fingerprint density at radius 2 is 2.23 bits per heavy atom. The third kappa shape index (κ3) is 4.10. The van der Waals surface area contributed by atoms with Crippen molar-refractivity contribution in [1.29, 1.82) is 0 Å². The zero-order valence-corrected chi connectivity index (χ0v) is 18.5. The van der Waals surface area contributed by atoms with Gasteiger partial charge in [0.15, 0.2) is 11.3 Å². The average molecular weight is 445 g/mol. The van der Waals surface area contributed by atoms with Gasteiger partial charge < -0.3 is 9.72 Å². The highest BCUT2D eigenvalue weighted by molar-refractivity contribution is 7.90. The highest BCUT2D eigenvalue weighted by atomic mass is 32.2. The third-order valence-electron chi connectivity index (χ3n) is 6.66. The molecule has 0 amide bonds. The smallest absolute Gasteiger partial charge is 0.255 e. The van der Waals surface area contributed by atoms with Crippen molar-refractivity contribution in [2.45, 2.75) is 57.5 Å². The molecule has 166 valence electrons. The van der Waals surface area contributed by atoms with Crippen molar-refractivity contribution in [3.8, 4) is 0 Å². The van der Waals surface area contributed by atoms with Crippen molar-refractivity contribution in [2.75, 3.05) is 12.4 Å². The summed E-state index contributed by atoms with van der Waals surface area (Å²) < 4.78 is 36.7. The molecular formula is C21H28N6O3S. The number of hydrogen-bond donors (Lipinski definition) is 1. The molecule has 5 rings (SSSR count). The largest absolute Gasteiger partial charge is 0.377 e. The molecule has 1 saturated carbocycles. The summed E-state index contributed by atoms with van der Waals surface area (Å²) in [7, 11) is -3.52. The Morgan fingerprint density at radius 3 is 3.03 bits per heavy atom. The molecule has 31 heavy (non-hydrogen) atoms. The summed E-state index contributed by atoms with van der Waals surface area (Å²) in [4.78, 5) is 7.53. The summed E-state index contributed by atoms with van der Waals surface area (Å²) in [6, 6.07) is 1.98. The van der Waals surface area contributed by atoms with Gasteiger partial charge in [-0.2, -0.15) is 4.40 Å². The van der Waals surface area contributed by atoms with Gasteiger partial charge in [-0.25, -0.2) is 13.4 Å². The summed E-state index contributed by atoms with van der Waals surface area (Å²) >= 11 is 0. The second kappa shape index (κ2) is 8.31. The molecule has 9 nitrogen and oxygen atoms in total. The van der Waals surface area contributed by atoms with Crippen molar-refractivity contribution in [2.24, 2.45) is 16.2 Å². The Bertz CT molecular complexity index is 1190. The minimum atomic E-state index is -3.52. The Hall–Kier alpha value is -2.33. The third-order valence-corrected chi connectivity index (χ3v) is 7.89. The van der Waals surface area contributed by atoms with Gasteiger partial charge in [-0.1, -0.05) is 13.3 Å². The number of hydrogen-bond acceptors (Lipinski definition) is 6. The fourth-order valence-electron chi connectivity index (χ4n) is 5.09. The minimum Gasteiger partial charge on any atom is -0.377 e. The van der Waals surface area contributed by atoms with E-state index in [0.717, 1.165) is 61.2 Å². The van der Waals surface area contributed by atoms with Crippen LogP contribution in [0.5, 0.6) is 0 Å². The van der Waals surface area contributed by atoms with E-state index in [9.17, 15) is 8.42 Å². The van der Waals surface area contributed by atoms with Gasteiger partial charge in [-0.3, -0.25) is 4.40 Å². The molecule has 10 heteroatoms. The van der Waals surface area contributed by atoms with Crippen LogP contribution in [0, 0.1) is 11.8 Å². The molecule has 4 atom stereocenters. The first kappa shape index (κ1) is 20.6. The lowest BCUT2D eigenvalue weighted by Gasteiger charge is -2.21. The van der Waals surface area contributed by atoms with Gasteiger partial charge in [-0.15, -0.1) is 10.2 Å². The molecular weight excluding hydrogens is 416 g/mol. The van der Waals surface area contributed by atoms with Crippen LogP contribution in [0.25, 0.3) is 16.8 Å². The summed E-state index contributed by atoms with van der Waals surface area (Å²) in [5, 5.41) is 8.84. The van der Waals surface area contributed by atoms with Crippen LogP contribution in [-0.4, -0.2) is 57.7 Å². The molecule has 3 aromatic heterocycles. The van der Waals surface area contributed by atoms with Crippen LogP contribution in [0.2, 0.25) is 0 Å². The molecule has 0 bridgehead atoms. The number of H-pyrrole nitrogens is 1. The summed E-state index contributed by atoms with van der Waals surface area (Å²) in [6.45, 7) is 2.81. The van der Waals surface area contributed by atoms with E-state index >= 15 is 0 Å². The first-order valence-corrected chi connectivity index (χ1v) is 12.7. The second-order valence-electron chi connectivity index (χ2n) is 8.72. The number of nitrogens with one attached hydrogen (secondary N) is 1. The van der Waals surface area contributed by atoms with E-state index in [-0.39, 0.29) is 23.7 Å². The number of sulfonamides is 1. The zero-order chi connectivity index (χ0) is 21.4. The van der Waals surface area contributed by atoms with Gasteiger partial charge in [0.2, 0.25) is 0 Å². The standard InChI is InChI=1S/C21H28N6O3S/c1-2-15-9-14(11-24-31(28,29)13-16-5-3-4-8-30-16)10-17(15)21-26-25-19-12-23-20-18(27(19)21)6-7-22-20/h6-7,11-12,14-17,22H,2-5,8-10,13H2,1H3/b24-11+/t14?,15-,16?,17+/m1/s1. The Kier molecular flexibility index (Phi) is 5.51. The minimum absolute atomic E-state index is 0.0237. The predicted octanol–water partition coefficient (Wildman–Crippen LogP) is 3.10. The maximum Gasteiger partial charge on any atom is 0.255 e. The van der Waals surface area contributed by atoms with Gasteiger partial charge in [0, 0.05) is 24.9 Å². The van der Waals surface area contributed by atoms with Crippen LogP contribution >= 0.6 is 0 Å². The lowest BCUT2D eigenvalue weighted by molar-refractivity contribution is 0.0305. The van der Waals surface area contributed by atoms with Gasteiger partial charge in [-0.05, 0) is 50.0 Å². The first-order valence-electron chi connectivity index (χ1n) is 11.1. The number of fused-ring (bicyclic) bond motifs is 3. The predicted molar refractivity (Wildman–Crippen MR) is 118 cm³/mol. The molecule has 0 radical (unpaired) electrons. The lowest BCUT2D eigenvalue weighted by Crippen LogP contribution is -2.27. The SMILES string of the molecule is CC[C@@H]1CC(/C=N/S(=O)(=O)CC2CCCCO2)C[C@@H]1c1nnc2cnc3[nH]ccc3n12. The average Bonchev–Trinajstić information content (AvgIpc) is 3.49. The van der Waals surface area contributed by atoms with Crippen LogP contribution in [0.1, 0.15) is 57.2 Å². The van der Waals surface area contributed by atoms with Gasteiger partial charge in [0.05, 0.1) is 23.6 Å². The van der Waals surface area contributed by atoms with E-state index < -0.39 is 10.0 Å². The Labute approximate surface area is 181 Å². The maximum atomic E-state index is 12.5. The molecule has 2 aliphatic rings. The zero-order valence-electron chi connectivity index (χ0n) is 17.6. The first-order chi connectivity index (χ1) is 15.0. The number of nitrogens with zero attached hydrogens (tertiary/aromatic N) is 5. The fraction of sp³-hybridized carbons (Fsp3) is 0.619. The van der Waals surface area contributed by atoms with E-state index in [2.05, 4.69) is 35.9 Å². The van der Waals surface area contributed by atoms with Crippen LogP contribution in [0.4, 0.5) is 0 Å². The van der Waals surface area contributed by atoms with Gasteiger partial charge in [0.1, 0.15) is 5.82 Å².